The number of carbonyl (C=O) groups is 1. The highest BCUT2D eigenvalue weighted by atomic mass is 16.3. The molecule has 0 radical (unpaired) electrons. The van der Waals surface area contributed by atoms with Crippen LogP contribution in [-0.2, 0) is 17.9 Å². The van der Waals surface area contributed by atoms with E-state index in [9.17, 15) is 4.79 Å². The summed E-state index contributed by atoms with van der Waals surface area (Å²) in [6, 6.07) is 7.86. The van der Waals surface area contributed by atoms with Crippen molar-refractivity contribution in [3.05, 3.63) is 36.0 Å². The summed E-state index contributed by atoms with van der Waals surface area (Å²) in [5, 5.41) is 12.8. The molecular weight excluding hydrogens is 216 g/mol. The van der Waals surface area contributed by atoms with Gasteiger partial charge in [0.25, 0.3) is 0 Å². The fourth-order valence-electron chi connectivity index (χ4n) is 1.87. The Balaban J connectivity index is 2.25. The lowest BCUT2D eigenvalue weighted by molar-refractivity contribution is -0.120. The van der Waals surface area contributed by atoms with Crippen molar-refractivity contribution < 1.29 is 9.90 Å². The maximum Gasteiger partial charge on any atom is 0.221 e. The molecule has 2 aromatic rings. The van der Waals surface area contributed by atoms with E-state index in [1.165, 1.54) is 0 Å². The van der Waals surface area contributed by atoms with Gasteiger partial charge in [-0.2, -0.15) is 0 Å². The summed E-state index contributed by atoms with van der Waals surface area (Å²) in [4.78, 5) is 11.2. The standard InChI is InChI=1S/C13H16N2O2/c1-14-13(17)5-7-15-6-4-11-3-2-10(9-16)8-12(11)15/h2-4,6,8,16H,5,7,9H2,1H3,(H,14,17). The molecule has 2 N–H and O–H groups in total. The SMILES string of the molecule is CNC(=O)CCn1ccc2ccc(CO)cc21. The van der Waals surface area contributed by atoms with E-state index >= 15 is 0 Å². The molecule has 0 atom stereocenters. The van der Waals surface area contributed by atoms with Gasteiger partial charge in [-0.05, 0) is 23.1 Å². The molecule has 0 bridgehead atoms. The Labute approximate surface area is 99.9 Å². The van der Waals surface area contributed by atoms with Crippen molar-refractivity contribution in [1.29, 1.82) is 0 Å². The van der Waals surface area contributed by atoms with Gasteiger partial charge in [-0.15, -0.1) is 0 Å². The Morgan fingerprint density at radius 2 is 2.24 bits per heavy atom. The van der Waals surface area contributed by atoms with Crippen molar-refractivity contribution >= 4 is 16.8 Å². The summed E-state index contributed by atoms with van der Waals surface area (Å²) < 4.78 is 2.03. The van der Waals surface area contributed by atoms with E-state index in [1.54, 1.807) is 7.05 Å². The molecule has 2 rings (SSSR count). The number of nitrogens with one attached hydrogen (secondary N) is 1. The molecule has 0 saturated carbocycles. The Hall–Kier alpha value is -1.81. The van der Waals surface area contributed by atoms with Crippen LogP contribution in [0.1, 0.15) is 12.0 Å². The van der Waals surface area contributed by atoms with Crippen molar-refractivity contribution in [2.24, 2.45) is 0 Å². The summed E-state index contributed by atoms with van der Waals surface area (Å²) in [6.07, 6.45) is 2.43. The fourth-order valence-corrected chi connectivity index (χ4v) is 1.87. The van der Waals surface area contributed by atoms with Crippen LogP contribution in [0.5, 0.6) is 0 Å². The van der Waals surface area contributed by atoms with Gasteiger partial charge >= 0.3 is 0 Å². The topological polar surface area (TPSA) is 54.3 Å². The zero-order valence-electron chi connectivity index (χ0n) is 9.81. The average molecular weight is 232 g/mol. The Morgan fingerprint density at radius 1 is 1.41 bits per heavy atom. The maximum absolute atomic E-state index is 11.2. The van der Waals surface area contributed by atoms with Gasteiger partial charge in [0.15, 0.2) is 0 Å². The van der Waals surface area contributed by atoms with Crippen molar-refractivity contribution in [3.8, 4) is 0 Å². The van der Waals surface area contributed by atoms with Gasteiger partial charge in [-0.1, -0.05) is 12.1 Å². The smallest absolute Gasteiger partial charge is 0.221 e. The second kappa shape index (κ2) is 5.01. The first-order valence-corrected chi connectivity index (χ1v) is 5.64. The van der Waals surface area contributed by atoms with Gasteiger partial charge in [-0.3, -0.25) is 4.79 Å². The molecule has 0 fully saturated rings. The molecule has 4 heteroatoms. The van der Waals surface area contributed by atoms with Crippen molar-refractivity contribution in [3.63, 3.8) is 0 Å². The minimum Gasteiger partial charge on any atom is -0.392 e. The number of rotatable bonds is 4. The molecule has 1 heterocycles. The normalized spacial score (nSPS) is 10.7. The number of aliphatic hydroxyl groups excluding tert-OH is 1. The monoisotopic (exact) mass is 232 g/mol. The lowest BCUT2D eigenvalue weighted by Gasteiger charge is -2.05. The highest BCUT2D eigenvalue weighted by Crippen LogP contribution is 2.18. The second-order valence-corrected chi connectivity index (χ2v) is 3.98. The zero-order valence-corrected chi connectivity index (χ0v) is 9.81. The average Bonchev–Trinajstić information content (AvgIpc) is 2.78. The van der Waals surface area contributed by atoms with E-state index in [0.29, 0.717) is 13.0 Å². The van der Waals surface area contributed by atoms with Crippen molar-refractivity contribution in [1.82, 2.24) is 9.88 Å². The third-order valence-corrected chi connectivity index (χ3v) is 2.88. The predicted octanol–water partition coefficient (Wildman–Crippen LogP) is 1.27. The van der Waals surface area contributed by atoms with E-state index in [4.69, 9.17) is 5.11 Å². The molecule has 90 valence electrons. The van der Waals surface area contributed by atoms with E-state index in [-0.39, 0.29) is 12.5 Å². The molecule has 0 spiro atoms. The van der Waals surface area contributed by atoms with Crippen LogP contribution in [0.25, 0.3) is 10.9 Å². The van der Waals surface area contributed by atoms with Crippen LogP contribution >= 0.6 is 0 Å². The number of nitrogens with zero attached hydrogens (tertiary/aromatic N) is 1. The Morgan fingerprint density at radius 3 is 2.94 bits per heavy atom. The number of carbonyl (C=O) groups excluding carboxylic acids is 1. The molecule has 0 aliphatic rings. The van der Waals surface area contributed by atoms with Crippen LogP contribution in [-0.4, -0.2) is 22.6 Å². The van der Waals surface area contributed by atoms with E-state index in [0.717, 1.165) is 16.5 Å². The lowest BCUT2D eigenvalue weighted by atomic mass is 10.2. The predicted molar refractivity (Wildman–Crippen MR) is 66.5 cm³/mol. The fraction of sp³-hybridized carbons (Fsp3) is 0.308. The van der Waals surface area contributed by atoms with E-state index in [2.05, 4.69) is 5.32 Å². The van der Waals surface area contributed by atoms with Crippen LogP contribution < -0.4 is 5.32 Å². The third-order valence-electron chi connectivity index (χ3n) is 2.88. The van der Waals surface area contributed by atoms with E-state index in [1.807, 2.05) is 35.0 Å². The van der Waals surface area contributed by atoms with Gasteiger partial charge in [-0.25, -0.2) is 0 Å². The summed E-state index contributed by atoms with van der Waals surface area (Å²) in [5.74, 6) is 0.0326. The van der Waals surface area contributed by atoms with Crippen LogP contribution in [0.4, 0.5) is 0 Å². The molecule has 0 aliphatic carbocycles. The van der Waals surface area contributed by atoms with Gasteiger partial charge in [0, 0.05) is 31.7 Å². The third kappa shape index (κ3) is 2.47. The van der Waals surface area contributed by atoms with Gasteiger partial charge in [0.05, 0.1) is 6.61 Å². The number of aryl methyl sites for hydroxylation is 1. The number of aliphatic hydroxyl groups is 1. The van der Waals surface area contributed by atoms with Crippen molar-refractivity contribution in [2.45, 2.75) is 19.6 Å². The highest BCUT2D eigenvalue weighted by Gasteiger charge is 2.04. The zero-order chi connectivity index (χ0) is 12.3. The summed E-state index contributed by atoms with van der Waals surface area (Å²) in [5.41, 5.74) is 1.94. The summed E-state index contributed by atoms with van der Waals surface area (Å²) >= 11 is 0. The first-order valence-electron chi connectivity index (χ1n) is 5.64. The van der Waals surface area contributed by atoms with Crippen LogP contribution in [0, 0.1) is 0 Å². The van der Waals surface area contributed by atoms with Gasteiger partial charge in [0.1, 0.15) is 0 Å². The van der Waals surface area contributed by atoms with Crippen molar-refractivity contribution in [2.75, 3.05) is 7.05 Å². The first-order chi connectivity index (χ1) is 8.24. The Bertz CT molecular complexity index is 531. The minimum atomic E-state index is 0.0326. The molecule has 1 aromatic heterocycles. The molecule has 0 unspecified atom stereocenters. The first kappa shape index (κ1) is 11.7. The van der Waals surface area contributed by atoms with Crippen LogP contribution in [0.15, 0.2) is 30.5 Å². The number of amides is 1. The number of benzene rings is 1. The number of hydrogen-bond donors (Lipinski definition) is 2. The molecule has 17 heavy (non-hydrogen) atoms. The summed E-state index contributed by atoms with van der Waals surface area (Å²) in [7, 11) is 1.64. The molecular formula is C13H16N2O2. The highest BCUT2D eigenvalue weighted by molar-refractivity contribution is 5.81. The van der Waals surface area contributed by atoms with Crippen LogP contribution in [0.3, 0.4) is 0 Å². The van der Waals surface area contributed by atoms with Crippen LogP contribution in [0.2, 0.25) is 0 Å². The maximum atomic E-state index is 11.2. The molecule has 4 nitrogen and oxygen atoms in total. The summed E-state index contributed by atoms with van der Waals surface area (Å²) in [6.45, 7) is 0.689. The Kier molecular flexibility index (Phi) is 3.44. The number of hydrogen-bond acceptors (Lipinski definition) is 2. The largest absolute Gasteiger partial charge is 0.392 e. The number of fused-ring (bicyclic) bond motifs is 1. The molecule has 1 aromatic carbocycles. The number of aromatic nitrogens is 1. The van der Waals surface area contributed by atoms with E-state index < -0.39 is 0 Å². The molecule has 0 aliphatic heterocycles. The molecule has 1 amide bonds. The minimum absolute atomic E-state index is 0.0326. The van der Waals surface area contributed by atoms with Gasteiger partial charge in [0.2, 0.25) is 5.91 Å². The lowest BCUT2D eigenvalue weighted by Crippen LogP contribution is -2.19. The second-order valence-electron chi connectivity index (χ2n) is 3.98. The quantitative estimate of drug-likeness (QED) is 0.834. The molecule has 0 saturated heterocycles. The van der Waals surface area contributed by atoms with Gasteiger partial charge < -0.3 is 15.0 Å².